The Bertz CT molecular complexity index is 351. The summed E-state index contributed by atoms with van der Waals surface area (Å²) in [6.45, 7) is 1.39. The predicted molar refractivity (Wildman–Crippen MR) is 57.4 cm³/mol. The molecule has 0 aromatic carbocycles. The lowest BCUT2D eigenvalue weighted by Gasteiger charge is -2.17. The number of sulfonamides is 1. The van der Waals surface area contributed by atoms with Crippen LogP contribution in [0.1, 0.15) is 26.2 Å². The summed E-state index contributed by atoms with van der Waals surface area (Å²) in [5.41, 5.74) is 0. The number of nitrogens with one attached hydrogen (secondary N) is 1. The number of aliphatic hydroxyl groups is 1. The lowest BCUT2D eigenvalue weighted by atomic mass is 10.1. The summed E-state index contributed by atoms with van der Waals surface area (Å²) in [6.07, 6.45) is 0.596. The minimum Gasteiger partial charge on any atom is -0.481 e. The number of aliphatic carboxylic acids is 1. The molecule has 0 spiro atoms. The van der Waals surface area contributed by atoms with Gasteiger partial charge in [0.05, 0.1) is 17.3 Å². The fourth-order valence-corrected chi connectivity index (χ4v) is 3.77. The van der Waals surface area contributed by atoms with Gasteiger partial charge in [0, 0.05) is 6.54 Å². The molecular formula is C9H17NO5S. The van der Waals surface area contributed by atoms with Crippen molar-refractivity contribution in [3.63, 3.8) is 0 Å². The van der Waals surface area contributed by atoms with Gasteiger partial charge in [-0.1, -0.05) is 6.42 Å². The Morgan fingerprint density at radius 2 is 2.12 bits per heavy atom. The molecule has 1 rings (SSSR count). The van der Waals surface area contributed by atoms with Gasteiger partial charge in [0.25, 0.3) is 0 Å². The zero-order valence-corrected chi connectivity index (χ0v) is 9.90. The highest BCUT2D eigenvalue weighted by atomic mass is 32.2. The SMILES string of the molecule is C[C@@H](O)CNS(=O)(=O)C1CCCC1C(=O)O. The maximum Gasteiger partial charge on any atom is 0.307 e. The highest BCUT2D eigenvalue weighted by molar-refractivity contribution is 7.90. The second kappa shape index (κ2) is 5.11. The summed E-state index contributed by atoms with van der Waals surface area (Å²) in [5, 5.41) is 17.0. The molecule has 0 aromatic heterocycles. The molecule has 1 aliphatic rings. The minimum atomic E-state index is -3.64. The van der Waals surface area contributed by atoms with E-state index < -0.39 is 33.3 Å². The molecule has 1 fully saturated rings. The van der Waals surface area contributed by atoms with Gasteiger partial charge < -0.3 is 10.2 Å². The number of carbonyl (C=O) groups is 1. The average Bonchev–Trinajstić information content (AvgIpc) is 2.63. The van der Waals surface area contributed by atoms with Crippen LogP contribution in [0.2, 0.25) is 0 Å². The van der Waals surface area contributed by atoms with Crippen LogP contribution in [0, 0.1) is 5.92 Å². The van der Waals surface area contributed by atoms with Crippen LogP contribution in [0.4, 0.5) is 0 Å². The maximum atomic E-state index is 11.8. The molecule has 0 heterocycles. The van der Waals surface area contributed by atoms with Crippen molar-refractivity contribution in [3.05, 3.63) is 0 Å². The van der Waals surface area contributed by atoms with Crippen LogP contribution in [0.3, 0.4) is 0 Å². The van der Waals surface area contributed by atoms with Crippen molar-refractivity contribution in [2.45, 2.75) is 37.5 Å². The first kappa shape index (κ1) is 13.4. The second-order valence-corrected chi connectivity index (χ2v) is 6.14. The van der Waals surface area contributed by atoms with Crippen LogP contribution in [0.15, 0.2) is 0 Å². The Kier molecular flexibility index (Phi) is 4.28. The second-order valence-electron chi connectivity index (χ2n) is 4.16. The van der Waals surface area contributed by atoms with E-state index in [4.69, 9.17) is 10.2 Å². The molecule has 0 aromatic rings. The zero-order chi connectivity index (χ0) is 12.3. The van der Waals surface area contributed by atoms with Crippen LogP contribution in [-0.2, 0) is 14.8 Å². The number of aliphatic hydroxyl groups excluding tert-OH is 1. The van der Waals surface area contributed by atoms with Gasteiger partial charge in [-0.3, -0.25) is 4.79 Å². The number of carboxylic acid groups (broad SMARTS) is 1. The van der Waals surface area contributed by atoms with Gasteiger partial charge in [0.2, 0.25) is 10.0 Å². The first-order chi connectivity index (χ1) is 7.34. The monoisotopic (exact) mass is 251 g/mol. The largest absolute Gasteiger partial charge is 0.481 e. The molecule has 0 radical (unpaired) electrons. The summed E-state index contributed by atoms with van der Waals surface area (Å²) >= 11 is 0. The standard InChI is InChI=1S/C9H17NO5S/c1-6(11)5-10-16(14,15)8-4-2-3-7(8)9(12)13/h6-8,10-11H,2-5H2,1H3,(H,12,13)/t6-,7?,8?/m1/s1. The minimum absolute atomic E-state index is 0.0782. The Morgan fingerprint density at radius 3 is 2.62 bits per heavy atom. The third kappa shape index (κ3) is 3.16. The van der Waals surface area contributed by atoms with Crippen molar-refractivity contribution in [2.24, 2.45) is 5.92 Å². The van der Waals surface area contributed by atoms with Gasteiger partial charge in [0.1, 0.15) is 0 Å². The van der Waals surface area contributed by atoms with Crippen molar-refractivity contribution in [1.82, 2.24) is 4.72 Å². The van der Waals surface area contributed by atoms with Crippen LogP contribution in [0.5, 0.6) is 0 Å². The van der Waals surface area contributed by atoms with Crippen LogP contribution in [-0.4, -0.2) is 42.5 Å². The fourth-order valence-electron chi connectivity index (χ4n) is 1.92. The summed E-state index contributed by atoms with van der Waals surface area (Å²) in [7, 11) is -3.64. The molecule has 7 heteroatoms. The fraction of sp³-hybridized carbons (Fsp3) is 0.889. The van der Waals surface area contributed by atoms with E-state index in [0.29, 0.717) is 19.3 Å². The maximum absolute atomic E-state index is 11.8. The summed E-state index contributed by atoms with van der Waals surface area (Å²) in [5.74, 6) is -1.89. The molecule has 0 amide bonds. The van der Waals surface area contributed by atoms with Crippen molar-refractivity contribution < 1.29 is 23.4 Å². The molecule has 6 nitrogen and oxygen atoms in total. The number of carboxylic acids is 1. The Balaban J connectivity index is 2.71. The molecule has 3 N–H and O–H groups in total. The molecule has 1 saturated carbocycles. The van der Waals surface area contributed by atoms with Crippen molar-refractivity contribution >= 4 is 16.0 Å². The summed E-state index contributed by atoms with van der Waals surface area (Å²) in [6, 6.07) is 0. The predicted octanol–water partition coefficient (Wildman–Crippen LogP) is -0.460. The van der Waals surface area contributed by atoms with E-state index >= 15 is 0 Å². The molecule has 0 bridgehead atoms. The van der Waals surface area contributed by atoms with Gasteiger partial charge in [-0.15, -0.1) is 0 Å². The lowest BCUT2D eigenvalue weighted by Crippen LogP contribution is -2.41. The van der Waals surface area contributed by atoms with E-state index in [1.54, 1.807) is 0 Å². The van der Waals surface area contributed by atoms with Crippen molar-refractivity contribution in [1.29, 1.82) is 0 Å². The van der Waals surface area contributed by atoms with Crippen molar-refractivity contribution in [3.8, 4) is 0 Å². The first-order valence-corrected chi connectivity index (χ1v) is 6.78. The normalized spacial score (nSPS) is 27.9. The van der Waals surface area contributed by atoms with E-state index in [9.17, 15) is 13.2 Å². The summed E-state index contributed by atoms with van der Waals surface area (Å²) < 4.78 is 25.8. The molecular weight excluding hydrogens is 234 g/mol. The van der Waals surface area contributed by atoms with Gasteiger partial charge in [-0.05, 0) is 19.8 Å². The average molecular weight is 251 g/mol. The Morgan fingerprint density at radius 1 is 1.50 bits per heavy atom. The van der Waals surface area contributed by atoms with E-state index in [0.717, 1.165) is 0 Å². The number of hydrogen-bond acceptors (Lipinski definition) is 4. The van der Waals surface area contributed by atoms with Crippen LogP contribution in [0.25, 0.3) is 0 Å². The van der Waals surface area contributed by atoms with E-state index in [1.165, 1.54) is 6.92 Å². The molecule has 94 valence electrons. The molecule has 2 unspecified atom stereocenters. The molecule has 0 saturated heterocycles. The third-order valence-corrected chi connectivity index (χ3v) is 4.68. The van der Waals surface area contributed by atoms with Crippen molar-refractivity contribution in [2.75, 3.05) is 6.54 Å². The van der Waals surface area contributed by atoms with Crippen LogP contribution < -0.4 is 4.72 Å². The van der Waals surface area contributed by atoms with Gasteiger partial charge in [-0.25, -0.2) is 13.1 Å². The number of hydrogen-bond donors (Lipinski definition) is 3. The van der Waals surface area contributed by atoms with E-state index in [2.05, 4.69) is 4.72 Å². The molecule has 0 aliphatic heterocycles. The highest BCUT2D eigenvalue weighted by Gasteiger charge is 2.41. The Hall–Kier alpha value is -0.660. The molecule has 1 aliphatic carbocycles. The molecule has 3 atom stereocenters. The van der Waals surface area contributed by atoms with E-state index in [-0.39, 0.29) is 6.54 Å². The molecule has 16 heavy (non-hydrogen) atoms. The first-order valence-electron chi connectivity index (χ1n) is 5.24. The van der Waals surface area contributed by atoms with E-state index in [1.807, 2.05) is 0 Å². The quantitative estimate of drug-likeness (QED) is 0.613. The van der Waals surface area contributed by atoms with Gasteiger partial charge in [-0.2, -0.15) is 0 Å². The number of rotatable bonds is 5. The summed E-state index contributed by atoms with van der Waals surface area (Å²) in [4.78, 5) is 10.9. The Labute approximate surface area is 94.7 Å². The highest BCUT2D eigenvalue weighted by Crippen LogP contribution is 2.30. The van der Waals surface area contributed by atoms with Gasteiger partial charge in [0.15, 0.2) is 0 Å². The van der Waals surface area contributed by atoms with Gasteiger partial charge >= 0.3 is 5.97 Å². The van der Waals surface area contributed by atoms with Crippen LogP contribution >= 0.6 is 0 Å². The lowest BCUT2D eigenvalue weighted by molar-refractivity contribution is -0.141. The smallest absolute Gasteiger partial charge is 0.307 e. The topological polar surface area (TPSA) is 104 Å². The zero-order valence-electron chi connectivity index (χ0n) is 9.09. The third-order valence-electron chi connectivity index (χ3n) is 2.75.